The number of piperidine rings is 1. The van der Waals surface area contributed by atoms with Gasteiger partial charge in [-0.1, -0.05) is 60.3 Å². The summed E-state index contributed by atoms with van der Waals surface area (Å²) in [6.45, 7) is 1.83. The van der Waals surface area contributed by atoms with E-state index in [2.05, 4.69) is 15.6 Å². The molecule has 1 aromatic heterocycles. The van der Waals surface area contributed by atoms with Crippen LogP contribution in [-0.4, -0.2) is 77.7 Å². The highest BCUT2D eigenvalue weighted by atomic mass is 32.2. The number of nitrogens with one attached hydrogen (secondary N) is 2. The van der Waals surface area contributed by atoms with Gasteiger partial charge in [0.2, 0.25) is 11.8 Å². The summed E-state index contributed by atoms with van der Waals surface area (Å²) in [5, 5.41) is 6.45. The van der Waals surface area contributed by atoms with Crippen molar-refractivity contribution in [2.75, 3.05) is 38.6 Å². The topological polar surface area (TPSA) is 97.9 Å². The lowest BCUT2D eigenvalue weighted by atomic mass is 9.98. The molecular formula is C32H34N6O3S. The Morgan fingerprint density at radius 3 is 2.74 bits per heavy atom. The van der Waals surface area contributed by atoms with E-state index < -0.39 is 11.3 Å². The average molecular weight is 583 g/mol. The second-order valence-corrected chi connectivity index (χ2v) is 12.2. The number of likely N-dealkylation sites (N-methyl/N-ethyl adjacent to an activating group) is 1. The lowest BCUT2D eigenvalue weighted by Crippen LogP contribution is -2.53. The Kier molecular flexibility index (Phi) is 7.99. The van der Waals surface area contributed by atoms with E-state index in [9.17, 15) is 14.4 Å². The first kappa shape index (κ1) is 28.0. The van der Waals surface area contributed by atoms with Crippen LogP contribution in [0.1, 0.15) is 24.4 Å². The van der Waals surface area contributed by atoms with Gasteiger partial charge in [-0.15, -0.1) is 0 Å². The van der Waals surface area contributed by atoms with E-state index in [1.807, 2.05) is 85.7 Å². The molecule has 9 nitrogen and oxygen atoms in total. The minimum Gasteiger partial charge on any atom is -0.351 e. The molecule has 0 bridgehead atoms. The molecule has 3 atom stereocenters. The van der Waals surface area contributed by atoms with Crippen LogP contribution in [0, 0.1) is 0 Å². The standard InChI is InChI=1S/C32H34N6O3S/c1-36(2)17-8-14-26(39)37-18-7-12-23(20-37)34-30(40)29-28-27-25(15-16-33-31(27)42-29)38(32(41)35-28)24-13-6-11-22(19-24)21-9-4-3-5-10-21/h3-6,8-11,13-16,19,23,28-29H,7,12,17-18,20H2,1-2H3,(H,34,40)(H,35,41)/b14-8+/t23?,28?,29-/m1/s1. The monoisotopic (exact) mass is 582 g/mol. The number of carbonyl (C=O) groups excluding carboxylic acids is 3. The quantitative estimate of drug-likeness (QED) is 0.402. The molecule has 2 unspecified atom stereocenters. The van der Waals surface area contributed by atoms with Crippen LogP contribution in [0.3, 0.4) is 0 Å². The molecule has 216 valence electrons. The van der Waals surface area contributed by atoms with Gasteiger partial charge in [0.05, 0.1) is 17.4 Å². The number of rotatable bonds is 7. The maximum absolute atomic E-state index is 13.6. The number of aromatic nitrogens is 1. The van der Waals surface area contributed by atoms with Crippen LogP contribution in [0.25, 0.3) is 11.1 Å². The molecular weight excluding hydrogens is 548 g/mol. The molecule has 3 aromatic rings. The molecule has 0 radical (unpaired) electrons. The smallest absolute Gasteiger partial charge is 0.327 e. The first-order valence-electron chi connectivity index (χ1n) is 14.2. The Bertz CT molecular complexity index is 1530. The van der Waals surface area contributed by atoms with Gasteiger partial charge in [-0.3, -0.25) is 14.5 Å². The van der Waals surface area contributed by atoms with E-state index in [1.54, 1.807) is 22.1 Å². The minimum absolute atomic E-state index is 0.0387. The van der Waals surface area contributed by atoms with Gasteiger partial charge in [0.1, 0.15) is 10.3 Å². The van der Waals surface area contributed by atoms with Crippen molar-refractivity contribution in [2.45, 2.75) is 35.2 Å². The molecule has 0 aliphatic carbocycles. The summed E-state index contributed by atoms with van der Waals surface area (Å²) in [5.74, 6) is -0.195. The van der Waals surface area contributed by atoms with Gasteiger partial charge >= 0.3 is 6.03 Å². The van der Waals surface area contributed by atoms with E-state index >= 15 is 0 Å². The van der Waals surface area contributed by atoms with E-state index in [1.165, 1.54) is 11.8 Å². The van der Waals surface area contributed by atoms with Gasteiger partial charge in [0.25, 0.3) is 0 Å². The van der Waals surface area contributed by atoms with E-state index in [0.29, 0.717) is 19.6 Å². The zero-order valence-corrected chi connectivity index (χ0v) is 24.5. The molecule has 6 rings (SSSR count). The zero-order chi connectivity index (χ0) is 29.2. The van der Waals surface area contributed by atoms with Gasteiger partial charge in [-0.05, 0) is 56.3 Å². The Morgan fingerprint density at radius 2 is 1.93 bits per heavy atom. The van der Waals surface area contributed by atoms with Crippen molar-refractivity contribution in [1.29, 1.82) is 0 Å². The van der Waals surface area contributed by atoms with Crippen molar-refractivity contribution >= 4 is 41.0 Å². The first-order valence-corrected chi connectivity index (χ1v) is 15.1. The largest absolute Gasteiger partial charge is 0.351 e. The lowest BCUT2D eigenvalue weighted by molar-refractivity contribution is -0.129. The Labute approximate surface area is 250 Å². The summed E-state index contributed by atoms with van der Waals surface area (Å²) in [6.07, 6.45) is 6.78. The SMILES string of the molecule is CN(C)C/C=C/C(=O)N1CCCC(NC(=O)[C@@H]2Sc3nccc4c3C2NC(=O)N4c2cccc(-c3ccccc3)c2)C1. The van der Waals surface area contributed by atoms with Crippen LogP contribution < -0.4 is 15.5 Å². The van der Waals surface area contributed by atoms with Crippen LogP contribution >= 0.6 is 11.8 Å². The van der Waals surface area contributed by atoms with Crippen molar-refractivity contribution in [3.05, 3.63) is 84.6 Å². The number of benzene rings is 2. The minimum atomic E-state index is -0.554. The van der Waals surface area contributed by atoms with Gasteiger partial charge in [0.15, 0.2) is 0 Å². The zero-order valence-electron chi connectivity index (χ0n) is 23.7. The maximum atomic E-state index is 13.6. The number of thioether (sulfide) groups is 1. The van der Waals surface area contributed by atoms with E-state index in [4.69, 9.17) is 0 Å². The highest BCUT2D eigenvalue weighted by Gasteiger charge is 2.47. The molecule has 1 fully saturated rings. The van der Waals surface area contributed by atoms with Gasteiger partial charge in [0, 0.05) is 43.5 Å². The Balaban J connectivity index is 1.18. The summed E-state index contributed by atoms with van der Waals surface area (Å²) < 4.78 is 0. The summed E-state index contributed by atoms with van der Waals surface area (Å²) in [5.41, 5.74) is 4.41. The molecule has 42 heavy (non-hydrogen) atoms. The number of pyridine rings is 1. The highest BCUT2D eigenvalue weighted by Crippen LogP contribution is 2.50. The number of anilines is 2. The summed E-state index contributed by atoms with van der Waals surface area (Å²) >= 11 is 1.38. The fourth-order valence-corrected chi connectivity index (χ4v) is 7.02. The summed E-state index contributed by atoms with van der Waals surface area (Å²) in [4.78, 5) is 49.9. The number of nitrogens with zero attached hydrogens (tertiary/aromatic N) is 4. The Morgan fingerprint density at radius 1 is 1.12 bits per heavy atom. The van der Waals surface area contributed by atoms with Crippen LogP contribution in [0.4, 0.5) is 16.2 Å². The average Bonchev–Trinajstić information content (AvgIpc) is 3.37. The fourth-order valence-electron chi connectivity index (χ4n) is 5.78. The second-order valence-electron chi connectivity index (χ2n) is 11.1. The van der Waals surface area contributed by atoms with Gasteiger partial charge in [-0.25, -0.2) is 9.78 Å². The molecule has 3 aliphatic heterocycles. The second kappa shape index (κ2) is 12.0. The third-order valence-electron chi connectivity index (χ3n) is 7.79. The summed E-state index contributed by atoms with van der Waals surface area (Å²) in [6, 6.07) is 18.8. The molecule has 3 aliphatic rings. The summed E-state index contributed by atoms with van der Waals surface area (Å²) in [7, 11) is 3.91. The lowest BCUT2D eigenvalue weighted by Gasteiger charge is -2.35. The molecule has 0 saturated carbocycles. The molecule has 10 heteroatoms. The van der Waals surface area contributed by atoms with Crippen LogP contribution in [0.2, 0.25) is 0 Å². The molecule has 2 aromatic carbocycles. The number of carbonyl (C=O) groups is 3. The van der Waals surface area contributed by atoms with Crippen molar-refractivity contribution in [3.63, 3.8) is 0 Å². The molecule has 4 amide bonds. The third kappa shape index (κ3) is 5.64. The van der Waals surface area contributed by atoms with Crippen LogP contribution in [0.15, 0.2) is 84.0 Å². The number of amides is 4. The number of likely N-dealkylation sites (tertiary alicyclic amines) is 1. The maximum Gasteiger partial charge on any atom is 0.327 e. The normalized spacial score (nSPS) is 21.4. The molecule has 4 heterocycles. The van der Waals surface area contributed by atoms with Gasteiger partial charge in [-0.2, -0.15) is 0 Å². The van der Waals surface area contributed by atoms with E-state index in [-0.39, 0.29) is 23.9 Å². The molecule has 1 saturated heterocycles. The predicted molar refractivity (Wildman–Crippen MR) is 165 cm³/mol. The van der Waals surface area contributed by atoms with Crippen molar-refractivity contribution in [1.82, 2.24) is 25.4 Å². The van der Waals surface area contributed by atoms with Crippen molar-refractivity contribution < 1.29 is 14.4 Å². The molecule has 2 N–H and O–H groups in total. The molecule has 0 spiro atoms. The number of hydrogen-bond donors (Lipinski definition) is 2. The highest BCUT2D eigenvalue weighted by molar-refractivity contribution is 8.01. The third-order valence-corrected chi connectivity index (χ3v) is 9.07. The fraction of sp³-hybridized carbons (Fsp3) is 0.312. The predicted octanol–water partition coefficient (Wildman–Crippen LogP) is 4.35. The van der Waals surface area contributed by atoms with Crippen molar-refractivity contribution in [3.8, 4) is 11.1 Å². The van der Waals surface area contributed by atoms with Gasteiger partial charge < -0.3 is 20.4 Å². The number of hydrogen-bond acceptors (Lipinski definition) is 6. The van der Waals surface area contributed by atoms with E-state index in [0.717, 1.165) is 45.9 Å². The van der Waals surface area contributed by atoms with Crippen LogP contribution in [-0.2, 0) is 9.59 Å². The van der Waals surface area contributed by atoms with Crippen LogP contribution in [0.5, 0.6) is 0 Å². The first-order chi connectivity index (χ1) is 20.4. The van der Waals surface area contributed by atoms with Crippen molar-refractivity contribution in [2.24, 2.45) is 0 Å². The Hall–Kier alpha value is -4.15. The number of urea groups is 1.